The highest BCUT2D eigenvalue weighted by Crippen LogP contribution is 2.16. The first kappa shape index (κ1) is 19.5. The summed E-state index contributed by atoms with van der Waals surface area (Å²) in [6.45, 7) is 1.75. The first-order chi connectivity index (χ1) is 12.3. The number of halogens is 2. The second-order valence-corrected chi connectivity index (χ2v) is 6.10. The Morgan fingerprint density at radius 3 is 2.27 bits per heavy atom. The largest absolute Gasteiger partial charge is 0.345 e. The summed E-state index contributed by atoms with van der Waals surface area (Å²) in [5.41, 5.74) is 1.63. The van der Waals surface area contributed by atoms with Gasteiger partial charge in [-0.25, -0.2) is 8.78 Å². The van der Waals surface area contributed by atoms with Gasteiger partial charge in [0, 0.05) is 31.4 Å². The average Bonchev–Trinajstić information content (AvgIpc) is 2.62. The lowest BCUT2D eigenvalue weighted by atomic mass is 10.1. The zero-order chi connectivity index (χ0) is 19.3. The van der Waals surface area contributed by atoms with Crippen molar-refractivity contribution in [1.29, 1.82) is 0 Å². The van der Waals surface area contributed by atoms with E-state index in [1.807, 2.05) is 0 Å². The number of amides is 2. The second kappa shape index (κ2) is 8.53. The summed E-state index contributed by atoms with van der Waals surface area (Å²) < 4.78 is 26.2. The Bertz CT molecular complexity index is 792. The maximum Gasteiger partial charge on any atom is 0.253 e. The van der Waals surface area contributed by atoms with Gasteiger partial charge in [-0.05, 0) is 48.9 Å². The fourth-order valence-electron chi connectivity index (χ4n) is 2.30. The van der Waals surface area contributed by atoms with Gasteiger partial charge in [-0.2, -0.15) is 0 Å². The van der Waals surface area contributed by atoms with Gasteiger partial charge in [-0.15, -0.1) is 0 Å². The van der Waals surface area contributed by atoms with Gasteiger partial charge in [0.05, 0.1) is 6.54 Å². The van der Waals surface area contributed by atoms with Crippen molar-refractivity contribution in [3.05, 3.63) is 65.2 Å². The maximum atomic E-state index is 13.3. The molecule has 2 N–H and O–H groups in total. The maximum absolute atomic E-state index is 13.3. The van der Waals surface area contributed by atoms with Crippen molar-refractivity contribution in [2.45, 2.75) is 13.0 Å². The van der Waals surface area contributed by atoms with Gasteiger partial charge in [0.15, 0.2) is 11.6 Å². The summed E-state index contributed by atoms with van der Waals surface area (Å²) in [5, 5.41) is 5.65. The molecule has 2 amide bonds. The van der Waals surface area contributed by atoms with Crippen LogP contribution in [0.2, 0.25) is 0 Å². The molecule has 0 bridgehead atoms. The molecule has 0 fully saturated rings. The van der Waals surface area contributed by atoms with E-state index in [-0.39, 0.29) is 24.4 Å². The van der Waals surface area contributed by atoms with Crippen molar-refractivity contribution in [3.63, 3.8) is 0 Å². The van der Waals surface area contributed by atoms with E-state index in [1.165, 1.54) is 11.0 Å². The fourth-order valence-corrected chi connectivity index (χ4v) is 2.30. The summed E-state index contributed by atoms with van der Waals surface area (Å²) in [7, 11) is 3.33. The SMILES string of the molecule is C[C@H](NCC(=O)Nc1ccc(C(=O)N(C)C)cc1)c1ccc(F)c(F)c1. The molecular weight excluding hydrogens is 340 g/mol. The van der Waals surface area contributed by atoms with E-state index in [0.717, 1.165) is 12.1 Å². The van der Waals surface area contributed by atoms with Crippen LogP contribution in [0.3, 0.4) is 0 Å². The van der Waals surface area contributed by atoms with Gasteiger partial charge in [0.25, 0.3) is 5.91 Å². The zero-order valence-corrected chi connectivity index (χ0v) is 14.8. The van der Waals surface area contributed by atoms with Gasteiger partial charge in [-0.3, -0.25) is 9.59 Å². The molecule has 2 rings (SSSR count). The van der Waals surface area contributed by atoms with Crippen LogP contribution >= 0.6 is 0 Å². The van der Waals surface area contributed by atoms with E-state index in [0.29, 0.717) is 16.8 Å². The summed E-state index contributed by atoms with van der Waals surface area (Å²) >= 11 is 0. The molecule has 0 heterocycles. The van der Waals surface area contributed by atoms with E-state index in [9.17, 15) is 18.4 Å². The molecule has 2 aromatic carbocycles. The lowest BCUT2D eigenvalue weighted by molar-refractivity contribution is -0.115. The van der Waals surface area contributed by atoms with Gasteiger partial charge in [0.1, 0.15) is 0 Å². The number of anilines is 1. The van der Waals surface area contributed by atoms with E-state index in [4.69, 9.17) is 0 Å². The normalized spacial score (nSPS) is 11.7. The van der Waals surface area contributed by atoms with Crippen LogP contribution in [0.1, 0.15) is 28.9 Å². The number of hydrogen-bond acceptors (Lipinski definition) is 3. The highest BCUT2D eigenvalue weighted by Gasteiger charge is 2.11. The summed E-state index contributed by atoms with van der Waals surface area (Å²) in [5.74, 6) is -2.24. The minimum atomic E-state index is -0.923. The number of carbonyl (C=O) groups excluding carboxylic acids is 2. The van der Waals surface area contributed by atoms with Crippen molar-refractivity contribution in [2.75, 3.05) is 26.0 Å². The minimum Gasteiger partial charge on any atom is -0.345 e. The van der Waals surface area contributed by atoms with Crippen molar-refractivity contribution in [2.24, 2.45) is 0 Å². The van der Waals surface area contributed by atoms with Crippen LogP contribution in [0, 0.1) is 11.6 Å². The van der Waals surface area contributed by atoms with Gasteiger partial charge in [0.2, 0.25) is 5.91 Å². The quantitative estimate of drug-likeness (QED) is 0.832. The van der Waals surface area contributed by atoms with Crippen LogP contribution in [0.4, 0.5) is 14.5 Å². The first-order valence-corrected chi connectivity index (χ1v) is 8.08. The van der Waals surface area contributed by atoms with Gasteiger partial charge < -0.3 is 15.5 Å². The Kier molecular flexibility index (Phi) is 6.41. The van der Waals surface area contributed by atoms with Crippen molar-refractivity contribution in [1.82, 2.24) is 10.2 Å². The van der Waals surface area contributed by atoms with Crippen LogP contribution < -0.4 is 10.6 Å². The van der Waals surface area contributed by atoms with Gasteiger partial charge >= 0.3 is 0 Å². The number of hydrogen-bond donors (Lipinski definition) is 2. The Morgan fingerprint density at radius 1 is 1.04 bits per heavy atom. The van der Waals surface area contributed by atoms with Crippen molar-refractivity contribution >= 4 is 17.5 Å². The first-order valence-electron chi connectivity index (χ1n) is 8.08. The van der Waals surface area contributed by atoms with Crippen LogP contribution in [0.15, 0.2) is 42.5 Å². The van der Waals surface area contributed by atoms with Crippen molar-refractivity contribution in [3.8, 4) is 0 Å². The molecule has 0 unspecified atom stereocenters. The van der Waals surface area contributed by atoms with Crippen LogP contribution in [0.25, 0.3) is 0 Å². The molecule has 0 spiro atoms. The van der Waals surface area contributed by atoms with Crippen molar-refractivity contribution < 1.29 is 18.4 Å². The smallest absolute Gasteiger partial charge is 0.253 e. The van der Waals surface area contributed by atoms with E-state index in [2.05, 4.69) is 10.6 Å². The molecular formula is C19H21F2N3O2. The second-order valence-electron chi connectivity index (χ2n) is 6.10. The Labute approximate surface area is 151 Å². The molecule has 0 aliphatic heterocycles. The van der Waals surface area contributed by atoms with E-state index in [1.54, 1.807) is 45.3 Å². The third-order valence-electron chi connectivity index (χ3n) is 3.83. The number of rotatable bonds is 6. The lowest BCUT2D eigenvalue weighted by Crippen LogP contribution is -2.30. The molecule has 0 radical (unpaired) electrons. The Balaban J connectivity index is 1.88. The lowest BCUT2D eigenvalue weighted by Gasteiger charge is -2.15. The minimum absolute atomic E-state index is 0.00145. The fraction of sp³-hybridized carbons (Fsp3) is 0.263. The van der Waals surface area contributed by atoms with Crippen LogP contribution in [0.5, 0.6) is 0 Å². The standard InChI is InChI=1S/C19H21F2N3O2/c1-12(14-6-9-16(20)17(21)10-14)22-11-18(25)23-15-7-4-13(5-8-15)19(26)24(2)3/h4-10,12,22H,11H2,1-3H3,(H,23,25)/t12-/m0/s1. The molecule has 26 heavy (non-hydrogen) atoms. The molecule has 1 atom stereocenters. The van der Waals surface area contributed by atoms with E-state index >= 15 is 0 Å². The van der Waals surface area contributed by atoms with Crippen LogP contribution in [-0.2, 0) is 4.79 Å². The molecule has 0 aromatic heterocycles. The highest BCUT2D eigenvalue weighted by molar-refractivity contribution is 5.96. The zero-order valence-electron chi connectivity index (χ0n) is 14.8. The predicted octanol–water partition coefficient (Wildman–Crippen LogP) is 2.96. The Morgan fingerprint density at radius 2 is 1.69 bits per heavy atom. The number of carbonyl (C=O) groups is 2. The monoisotopic (exact) mass is 361 g/mol. The average molecular weight is 361 g/mol. The molecule has 0 aliphatic rings. The Hall–Kier alpha value is -2.80. The third-order valence-corrected chi connectivity index (χ3v) is 3.83. The number of benzene rings is 2. The molecule has 0 saturated heterocycles. The molecule has 5 nitrogen and oxygen atoms in total. The molecule has 138 valence electrons. The van der Waals surface area contributed by atoms with Crippen LogP contribution in [-0.4, -0.2) is 37.4 Å². The number of nitrogens with one attached hydrogen (secondary N) is 2. The summed E-state index contributed by atoms with van der Waals surface area (Å²) in [6.07, 6.45) is 0. The van der Waals surface area contributed by atoms with Gasteiger partial charge in [-0.1, -0.05) is 6.07 Å². The molecule has 0 aliphatic carbocycles. The number of nitrogens with zero attached hydrogens (tertiary/aromatic N) is 1. The highest BCUT2D eigenvalue weighted by atomic mass is 19.2. The topological polar surface area (TPSA) is 61.4 Å². The predicted molar refractivity (Wildman–Crippen MR) is 95.9 cm³/mol. The summed E-state index contributed by atoms with van der Waals surface area (Å²) in [4.78, 5) is 25.3. The third kappa shape index (κ3) is 5.10. The molecule has 0 saturated carbocycles. The van der Waals surface area contributed by atoms with E-state index < -0.39 is 11.6 Å². The molecule has 7 heteroatoms. The molecule has 2 aromatic rings. The summed E-state index contributed by atoms with van der Waals surface area (Å²) in [6, 6.07) is 9.86.